The first kappa shape index (κ1) is 12.4. The summed E-state index contributed by atoms with van der Waals surface area (Å²) in [5.74, 6) is -1.10. The molecule has 4 heteroatoms. The first-order valence-corrected chi connectivity index (χ1v) is 4.16. The Morgan fingerprint density at radius 3 is 2.14 bits per heavy atom. The van der Waals surface area contributed by atoms with E-state index in [9.17, 15) is 9.59 Å². The Morgan fingerprint density at radius 1 is 1.14 bits per heavy atom. The third-order valence-corrected chi connectivity index (χ3v) is 1.29. The highest BCUT2D eigenvalue weighted by Crippen LogP contribution is 1.99. The number of ether oxygens (including phenoxy) is 2. The number of rotatable bonds is 5. The second-order valence-corrected chi connectivity index (χ2v) is 2.68. The highest BCUT2D eigenvalue weighted by atomic mass is 16.5. The van der Waals surface area contributed by atoms with Gasteiger partial charge in [-0.3, -0.25) is 0 Å². The molecule has 0 unspecified atom stereocenters. The summed E-state index contributed by atoms with van der Waals surface area (Å²) in [6.45, 7) is 10.1. The van der Waals surface area contributed by atoms with Gasteiger partial charge in [-0.15, -0.1) is 0 Å². The molecular formula is C10H14O4. The molecule has 0 atom stereocenters. The lowest BCUT2D eigenvalue weighted by molar-refractivity contribution is -0.141. The molecule has 0 saturated carbocycles. The average molecular weight is 198 g/mol. The van der Waals surface area contributed by atoms with Gasteiger partial charge in [-0.05, 0) is 13.8 Å². The molecule has 0 aromatic rings. The minimum Gasteiger partial charge on any atom is -0.463 e. The maximum atomic E-state index is 11.0. The van der Waals surface area contributed by atoms with E-state index in [2.05, 4.69) is 17.9 Å². The van der Waals surface area contributed by atoms with E-state index in [1.54, 1.807) is 6.92 Å². The van der Waals surface area contributed by atoms with Crippen LogP contribution in [0.3, 0.4) is 0 Å². The van der Waals surface area contributed by atoms with Crippen molar-refractivity contribution in [2.75, 3.05) is 13.2 Å². The van der Waals surface area contributed by atoms with E-state index >= 15 is 0 Å². The SMILES string of the molecule is C=C(C)C(=O)OCC(=C)C(=O)OCC. The van der Waals surface area contributed by atoms with Gasteiger partial charge in [0, 0.05) is 5.57 Å². The van der Waals surface area contributed by atoms with Crippen molar-refractivity contribution in [3.63, 3.8) is 0 Å². The predicted octanol–water partition coefficient (Wildman–Crippen LogP) is 1.22. The van der Waals surface area contributed by atoms with E-state index in [1.165, 1.54) is 6.92 Å². The predicted molar refractivity (Wildman–Crippen MR) is 51.5 cm³/mol. The minimum atomic E-state index is -0.554. The second kappa shape index (κ2) is 5.96. The van der Waals surface area contributed by atoms with Gasteiger partial charge in [0.15, 0.2) is 0 Å². The van der Waals surface area contributed by atoms with E-state index in [1.807, 2.05) is 0 Å². The van der Waals surface area contributed by atoms with Crippen LogP contribution in [0.25, 0.3) is 0 Å². The molecule has 0 heterocycles. The van der Waals surface area contributed by atoms with Crippen molar-refractivity contribution in [1.82, 2.24) is 0 Å². The molecule has 0 aliphatic carbocycles. The van der Waals surface area contributed by atoms with Gasteiger partial charge in [0.2, 0.25) is 0 Å². The molecule has 14 heavy (non-hydrogen) atoms. The molecule has 0 bridgehead atoms. The van der Waals surface area contributed by atoms with Gasteiger partial charge in [-0.1, -0.05) is 13.2 Å². The van der Waals surface area contributed by atoms with E-state index in [4.69, 9.17) is 4.74 Å². The number of carbonyl (C=O) groups is 2. The number of esters is 2. The molecule has 0 aliphatic heterocycles. The zero-order valence-corrected chi connectivity index (χ0v) is 8.46. The summed E-state index contributed by atoms with van der Waals surface area (Å²) in [7, 11) is 0. The van der Waals surface area contributed by atoms with Gasteiger partial charge in [0.25, 0.3) is 0 Å². The van der Waals surface area contributed by atoms with Crippen LogP contribution in [0.4, 0.5) is 0 Å². The molecule has 0 aromatic carbocycles. The van der Waals surface area contributed by atoms with Crippen LogP contribution in [0.2, 0.25) is 0 Å². The summed E-state index contributed by atoms with van der Waals surface area (Å²) >= 11 is 0. The fourth-order valence-corrected chi connectivity index (χ4v) is 0.568. The van der Waals surface area contributed by atoms with E-state index in [0.29, 0.717) is 0 Å². The number of carbonyl (C=O) groups excluding carboxylic acids is 2. The van der Waals surface area contributed by atoms with Crippen molar-refractivity contribution in [3.05, 3.63) is 24.3 Å². The molecule has 0 radical (unpaired) electrons. The lowest BCUT2D eigenvalue weighted by Gasteiger charge is -2.06. The topological polar surface area (TPSA) is 52.6 Å². The van der Waals surface area contributed by atoms with Crippen molar-refractivity contribution < 1.29 is 19.1 Å². The van der Waals surface area contributed by atoms with Crippen LogP contribution in [-0.2, 0) is 19.1 Å². The van der Waals surface area contributed by atoms with Crippen LogP contribution >= 0.6 is 0 Å². The summed E-state index contributed by atoms with van der Waals surface area (Å²) in [5.41, 5.74) is 0.392. The van der Waals surface area contributed by atoms with Crippen LogP contribution in [0.1, 0.15) is 13.8 Å². The molecule has 0 N–H and O–H groups in total. The van der Waals surface area contributed by atoms with Gasteiger partial charge >= 0.3 is 11.9 Å². The molecule has 0 fully saturated rings. The van der Waals surface area contributed by atoms with Crippen molar-refractivity contribution in [2.24, 2.45) is 0 Å². The van der Waals surface area contributed by atoms with Crippen LogP contribution < -0.4 is 0 Å². The van der Waals surface area contributed by atoms with Crippen molar-refractivity contribution in [3.8, 4) is 0 Å². The molecule has 0 aromatic heterocycles. The monoisotopic (exact) mass is 198 g/mol. The minimum absolute atomic E-state index is 0.112. The number of hydrogen-bond acceptors (Lipinski definition) is 4. The van der Waals surface area contributed by atoms with Crippen LogP contribution in [0.15, 0.2) is 24.3 Å². The lowest BCUT2D eigenvalue weighted by Crippen LogP contribution is -2.14. The highest BCUT2D eigenvalue weighted by molar-refractivity contribution is 5.90. The first-order chi connectivity index (χ1) is 6.49. The van der Waals surface area contributed by atoms with E-state index in [-0.39, 0.29) is 24.4 Å². The molecule has 78 valence electrons. The van der Waals surface area contributed by atoms with E-state index < -0.39 is 11.9 Å². The number of hydrogen-bond donors (Lipinski definition) is 0. The van der Waals surface area contributed by atoms with Gasteiger partial charge in [-0.25, -0.2) is 9.59 Å². The Hall–Kier alpha value is -1.58. The van der Waals surface area contributed by atoms with Crippen LogP contribution in [-0.4, -0.2) is 25.2 Å². The Morgan fingerprint density at radius 2 is 1.71 bits per heavy atom. The maximum absolute atomic E-state index is 11.0. The second-order valence-electron chi connectivity index (χ2n) is 2.68. The van der Waals surface area contributed by atoms with Gasteiger partial charge < -0.3 is 9.47 Å². The Bertz CT molecular complexity index is 265. The normalized spacial score (nSPS) is 9.00. The summed E-state index contributed by atoms with van der Waals surface area (Å²) in [6, 6.07) is 0. The fraction of sp³-hybridized carbons (Fsp3) is 0.400. The summed E-state index contributed by atoms with van der Waals surface area (Å²) < 4.78 is 9.34. The van der Waals surface area contributed by atoms with Crippen molar-refractivity contribution in [2.45, 2.75) is 13.8 Å². The summed E-state index contributed by atoms with van der Waals surface area (Å²) in [6.07, 6.45) is 0. The van der Waals surface area contributed by atoms with Gasteiger partial charge in [0.1, 0.15) is 6.61 Å². The molecule has 4 nitrogen and oxygen atoms in total. The molecule has 0 rings (SSSR count). The van der Waals surface area contributed by atoms with Crippen molar-refractivity contribution in [1.29, 1.82) is 0 Å². The first-order valence-electron chi connectivity index (χ1n) is 4.16. The standard InChI is InChI=1S/C10H14O4/c1-5-13-10(12)8(4)6-14-9(11)7(2)3/h2,4-6H2,1,3H3. The zero-order chi connectivity index (χ0) is 11.1. The Kier molecular flexibility index (Phi) is 5.29. The molecular weight excluding hydrogens is 184 g/mol. The largest absolute Gasteiger partial charge is 0.463 e. The third kappa shape index (κ3) is 4.45. The summed E-state index contributed by atoms with van der Waals surface area (Å²) in [5, 5.41) is 0. The summed E-state index contributed by atoms with van der Waals surface area (Å²) in [4.78, 5) is 21.9. The Labute approximate surface area is 83.2 Å². The highest BCUT2D eigenvalue weighted by Gasteiger charge is 2.10. The van der Waals surface area contributed by atoms with Crippen molar-refractivity contribution >= 4 is 11.9 Å². The maximum Gasteiger partial charge on any atom is 0.336 e. The lowest BCUT2D eigenvalue weighted by atomic mass is 10.3. The zero-order valence-electron chi connectivity index (χ0n) is 8.46. The fourth-order valence-electron chi connectivity index (χ4n) is 0.568. The Balaban J connectivity index is 3.91. The van der Waals surface area contributed by atoms with E-state index in [0.717, 1.165) is 0 Å². The van der Waals surface area contributed by atoms with Gasteiger partial charge in [-0.2, -0.15) is 0 Å². The third-order valence-electron chi connectivity index (χ3n) is 1.29. The molecule has 0 aliphatic rings. The molecule has 0 amide bonds. The smallest absolute Gasteiger partial charge is 0.336 e. The average Bonchev–Trinajstić information content (AvgIpc) is 2.13. The quantitative estimate of drug-likeness (QED) is 0.492. The van der Waals surface area contributed by atoms with Crippen LogP contribution in [0, 0.1) is 0 Å². The van der Waals surface area contributed by atoms with Gasteiger partial charge in [0.05, 0.1) is 12.2 Å². The molecule has 0 saturated heterocycles. The molecule has 0 spiro atoms. The van der Waals surface area contributed by atoms with Crippen LogP contribution in [0.5, 0.6) is 0 Å².